The van der Waals surface area contributed by atoms with E-state index in [9.17, 15) is 4.79 Å². The van der Waals surface area contributed by atoms with Crippen molar-refractivity contribution in [2.24, 2.45) is 0 Å². The average molecular weight is 264 g/mol. The number of hydrogen-bond donors (Lipinski definition) is 1. The van der Waals surface area contributed by atoms with Crippen LogP contribution in [0.3, 0.4) is 0 Å². The fourth-order valence-electron chi connectivity index (χ4n) is 2.15. The van der Waals surface area contributed by atoms with Gasteiger partial charge in [-0.05, 0) is 47.9 Å². The number of carboxylic acid groups (broad SMARTS) is 1. The summed E-state index contributed by atoms with van der Waals surface area (Å²) < 4.78 is 5.11. The Hall–Kier alpha value is -1.35. The molecule has 1 N–H and O–H groups in total. The molecule has 0 bridgehead atoms. The third kappa shape index (κ3) is 4.67. The lowest BCUT2D eigenvalue weighted by Gasteiger charge is -2.22. The lowest BCUT2D eigenvalue weighted by molar-refractivity contribution is -0.142. The number of aliphatic carboxylic acids is 1. The number of ether oxygens (including phenoxy) is 1. The van der Waals surface area contributed by atoms with Gasteiger partial charge in [0.05, 0.1) is 6.61 Å². The smallest absolute Gasteiger partial charge is 0.329 e. The van der Waals surface area contributed by atoms with Crippen molar-refractivity contribution in [2.45, 2.75) is 46.5 Å². The zero-order valence-electron chi connectivity index (χ0n) is 12.5. The quantitative estimate of drug-likeness (QED) is 0.830. The van der Waals surface area contributed by atoms with Crippen LogP contribution in [-0.4, -0.2) is 24.3 Å². The van der Waals surface area contributed by atoms with Crippen LogP contribution < -0.4 is 0 Å². The number of benzene rings is 1. The highest BCUT2D eigenvalue weighted by Gasteiger charge is 2.16. The van der Waals surface area contributed by atoms with Crippen molar-refractivity contribution in [3.63, 3.8) is 0 Å². The van der Waals surface area contributed by atoms with Gasteiger partial charge in [-0.3, -0.25) is 0 Å². The third-order valence-corrected chi connectivity index (χ3v) is 3.28. The summed E-state index contributed by atoms with van der Waals surface area (Å²) in [4.78, 5) is 10.4. The van der Waals surface area contributed by atoms with Crippen LogP contribution in [0.2, 0.25) is 0 Å². The summed E-state index contributed by atoms with van der Waals surface area (Å²) in [6, 6.07) is 4.44. The molecule has 0 fully saturated rings. The topological polar surface area (TPSA) is 46.5 Å². The van der Waals surface area contributed by atoms with E-state index in [1.807, 2.05) is 0 Å². The molecule has 0 aromatic heterocycles. The molecule has 3 nitrogen and oxygen atoms in total. The van der Waals surface area contributed by atoms with Crippen LogP contribution in [0.1, 0.15) is 43.0 Å². The number of carbonyl (C=O) groups is 1. The molecule has 0 saturated carbocycles. The minimum atomic E-state index is -0.920. The molecule has 3 heteroatoms. The Kier molecular flexibility index (Phi) is 5.12. The third-order valence-electron chi connectivity index (χ3n) is 3.28. The zero-order chi connectivity index (χ0) is 14.6. The highest BCUT2D eigenvalue weighted by atomic mass is 16.5. The largest absolute Gasteiger partial charge is 0.480 e. The van der Waals surface area contributed by atoms with Crippen LogP contribution >= 0.6 is 0 Å². The molecule has 0 radical (unpaired) electrons. The first kappa shape index (κ1) is 15.7. The summed E-state index contributed by atoms with van der Waals surface area (Å²) in [7, 11) is 0. The molecule has 0 heterocycles. The minimum absolute atomic E-state index is 0.147. The van der Waals surface area contributed by atoms with Gasteiger partial charge in [-0.15, -0.1) is 0 Å². The van der Waals surface area contributed by atoms with E-state index < -0.39 is 5.97 Å². The maximum Gasteiger partial charge on any atom is 0.329 e. The van der Waals surface area contributed by atoms with Crippen molar-refractivity contribution in [3.8, 4) is 0 Å². The summed E-state index contributed by atoms with van der Waals surface area (Å²) in [5, 5.41) is 8.52. The fourth-order valence-corrected chi connectivity index (χ4v) is 2.15. The summed E-state index contributed by atoms with van der Waals surface area (Å²) >= 11 is 0. The minimum Gasteiger partial charge on any atom is -0.480 e. The number of rotatable bonds is 5. The second-order valence-corrected chi connectivity index (χ2v) is 6.03. The van der Waals surface area contributed by atoms with Crippen molar-refractivity contribution in [1.29, 1.82) is 0 Å². The molecule has 0 amide bonds. The molecule has 1 rings (SSSR count). The van der Waals surface area contributed by atoms with Crippen LogP contribution in [0.5, 0.6) is 0 Å². The first-order chi connectivity index (χ1) is 8.71. The van der Waals surface area contributed by atoms with Crippen LogP contribution in [-0.2, 0) is 21.4 Å². The van der Waals surface area contributed by atoms with Gasteiger partial charge in [0.15, 0.2) is 0 Å². The Balaban J connectivity index is 2.78. The van der Waals surface area contributed by atoms with Gasteiger partial charge in [0.25, 0.3) is 0 Å². The van der Waals surface area contributed by atoms with Gasteiger partial charge in [0, 0.05) is 0 Å². The van der Waals surface area contributed by atoms with Gasteiger partial charge in [0.2, 0.25) is 0 Å². The van der Waals surface area contributed by atoms with Gasteiger partial charge in [-0.25, -0.2) is 4.79 Å². The van der Waals surface area contributed by atoms with E-state index in [1.165, 1.54) is 22.3 Å². The first-order valence-corrected chi connectivity index (χ1v) is 6.62. The summed E-state index contributed by atoms with van der Waals surface area (Å²) in [5.74, 6) is -0.920. The molecule has 106 valence electrons. The molecule has 1 aromatic carbocycles. The molecule has 0 aliphatic carbocycles. The Bertz CT molecular complexity index is 433. The second-order valence-electron chi connectivity index (χ2n) is 6.03. The molecule has 0 aliphatic heterocycles. The maximum atomic E-state index is 10.4. The van der Waals surface area contributed by atoms with Crippen molar-refractivity contribution < 1.29 is 14.6 Å². The van der Waals surface area contributed by atoms with Crippen LogP contribution in [0.4, 0.5) is 0 Å². The molecule has 1 aromatic rings. The average Bonchev–Trinajstić information content (AvgIpc) is 2.25. The van der Waals surface area contributed by atoms with E-state index in [0.29, 0.717) is 6.61 Å². The Morgan fingerprint density at radius 3 is 2.16 bits per heavy atom. The SMILES string of the molecule is Cc1cc(C(C)(C)C)cc(C)c1CCOCC(=O)O. The second kappa shape index (κ2) is 6.20. The number of hydrogen-bond acceptors (Lipinski definition) is 2. The molecule has 19 heavy (non-hydrogen) atoms. The van der Waals surface area contributed by atoms with Crippen LogP contribution in [0, 0.1) is 13.8 Å². The van der Waals surface area contributed by atoms with Gasteiger partial charge in [-0.2, -0.15) is 0 Å². The summed E-state index contributed by atoms with van der Waals surface area (Å²) in [5.41, 5.74) is 5.25. The number of aryl methyl sites for hydroxylation is 2. The molecular formula is C16H24O3. The monoisotopic (exact) mass is 264 g/mol. The lowest BCUT2D eigenvalue weighted by Crippen LogP contribution is -2.14. The Labute approximate surface area is 115 Å². The summed E-state index contributed by atoms with van der Waals surface area (Å²) in [6.07, 6.45) is 0.759. The maximum absolute atomic E-state index is 10.4. The molecule has 0 aliphatic rings. The highest BCUT2D eigenvalue weighted by molar-refractivity contribution is 5.67. The predicted molar refractivity (Wildman–Crippen MR) is 76.8 cm³/mol. The molecule has 0 saturated heterocycles. The first-order valence-electron chi connectivity index (χ1n) is 6.62. The van der Waals surface area contributed by atoms with Gasteiger partial charge in [0.1, 0.15) is 6.61 Å². The lowest BCUT2D eigenvalue weighted by atomic mass is 9.83. The molecular weight excluding hydrogens is 240 g/mol. The van der Waals surface area contributed by atoms with Crippen molar-refractivity contribution >= 4 is 5.97 Å². The van der Waals surface area contributed by atoms with Gasteiger partial charge in [-0.1, -0.05) is 32.9 Å². The fraction of sp³-hybridized carbons (Fsp3) is 0.562. The van der Waals surface area contributed by atoms with E-state index in [1.54, 1.807) is 0 Å². The normalized spacial score (nSPS) is 11.6. The Morgan fingerprint density at radius 1 is 1.21 bits per heavy atom. The van der Waals surface area contributed by atoms with Crippen LogP contribution in [0.25, 0.3) is 0 Å². The predicted octanol–water partition coefficient (Wildman–Crippen LogP) is 3.24. The van der Waals surface area contributed by atoms with Crippen molar-refractivity contribution in [2.75, 3.05) is 13.2 Å². The van der Waals surface area contributed by atoms with Crippen molar-refractivity contribution in [1.82, 2.24) is 0 Å². The molecule has 0 spiro atoms. The van der Waals surface area contributed by atoms with Gasteiger partial charge >= 0.3 is 5.97 Å². The summed E-state index contributed by atoms with van der Waals surface area (Å²) in [6.45, 7) is 11.1. The number of carboxylic acids is 1. The Morgan fingerprint density at radius 2 is 1.74 bits per heavy atom. The van der Waals surface area contributed by atoms with Gasteiger partial charge < -0.3 is 9.84 Å². The van der Waals surface area contributed by atoms with Crippen LogP contribution in [0.15, 0.2) is 12.1 Å². The standard InChI is InChI=1S/C16H24O3/c1-11-8-13(16(3,4)5)9-12(2)14(11)6-7-19-10-15(17)18/h8-9H,6-7,10H2,1-5H3,(H,17,18). The molecule has 0 atom stereocenters. The highest BCUT2D eigenvalue weighted by Crippen LogP contribution is 2.27. The van der Waals surface area contributed by atoms with E-state index in [0.717, 1.165) is 6.42 Å². The van der Waals surface area contributed by atoms with E-state index in [-0.39, 0.29) is 12.0 Å². The van der Waals surface area contributed by atoms with E-state index in [4.69, 9.17) is 9.84 Å². The molecule has 0 unspecified atom stereocenters. The van der Waals surface area contributed by atoms with Crippen molar-refractivity contribution in [3.05, 3.63) is 34.4 Å². The zero-order valence-corrected chi connectivity index (χ0v) is 12.5. The van der Waals surface area contributed by atoms with E-state index >= 15 is 0 Å². The van der Waals surface area contributed by atoms with E-state index in [2.05, 4.69) is 46.8 Å².